The summed E-state index contributed by atoms with van der Waals surface area (Å²) in [5.41, 5.74) is 0. The van der Waals surface area contributed by atoms with Crippen molar-refractivity contribution in [1.29, 1.82) is 0 Å². The predicted molar refractivity (Wildman–Crippen MR) is 50.5 cm³/mol. The van der Waals surface area contributed by atoms with E-state index in [-0.39, 0.29) is 31.1 Å². The third-order valence-electron chi connectivity index (χ3n) is 1.34. The summed E-state index contributed by atoms with van der Waals surface area (Å²) in [5, 5.41) is 0. The monoisotopic (exact) mass is 254 g/mol. The smallest absolute Gasteiger partial charge is 0.284 e. The van der Waals surface area contributed by atoms with Gasteiger partial charge in [-0.1, -0.05) is 0 Å². The molecule has 0 aliphatic heterocycles. The van der Waals surface area contributed by atoms with Crippen LogP contribution in [-0.4, -0.2) is 0 Å². The molecule has 0 atom stereocenters. The Balaban J connectivity index is 0.000000245. The first kappa shape index (κ1) is 13.9. The molecule has 0 unspecified atom stereocenters. The van der Waals surface area contributed by atoms with E-state index in [4.69, 9.17) is 0 Å². The van der Waals surface area contributed by atoms with Crippen molar-refractivity contribution < 1.29 is 28.3 Å². The van der Waals surface area contributed by atoms with Gasteiger partial charge in [0.15, 0.2) is 0 Å². The first-order chi connectivity index (χ1) is 6.79. The van der Waals surface area contributed by atoms with Gasteiger partial charge in [0.25, 0.3) is 0 Å². The Morgan fingerprint density at radius 1 is 0.800 bits per heavy atom. The molecule has 0 saturated carbocycles. The van der Waals surface area contributed by atoms with Crippen molar-refractivity contribution in [2.45, 2.75) is 0 Å². The van der Waals surface area contributed by atoms with Crippen molar-refractivity contribution in [1.82, 2.24) is 0 Å². The Morgan fingerprint density at radius 3 is 1.33 bits per heavy atom. The molecule has 0 bridgehead atoms. The Hall–Kier alpha value is -1.08. The summed E-state index contributed by atoms with van der Waals surface area (Å²) in [6.07, 6.45) is 0. The maximum absolute atomic E-state index is 11.9. The van der Waals surface area contributed by atoms with Gasteiger partial charge in [-0.2, -0.15) is 36.4 Å². The van der Waals surface area contributed by atoms with E-state index >= 15 is 0 Å². The summed E-state index contributed by atoms with van der Waals surface area (Å²) in [5.74, 6) is -0.468. The zero-order valence-electron chi connectivity index (χ0n) is 8.08. The van der Waals surface area contributed by atoms with Gasteiger partial charge in [-0.15, -0.1) is 24.3 Å². The largest absolute Gasteiger partial charge is 2.00 e. The van der Waals surface area contributed by atoms with Crippen LogP contribution in [0, 0.1) is 23.8 Å². The number of rotatable bonds is 0. The molecular formula is C12H8F2Zn. The van der Waals surface area contributed by atoms with Crippen molar-refractivity contribution in [2.75, 3.05) is 0 Å². The molecule has 0 fully saturated rings. The Kier molecular flexibility index (Phi) is 7.66. The first-order valence-electron chi connectivity index (χ1n) is 4.02. The summed E-state index contributed by atoms with van der Waals surface area (Å²) in [6.45, 7) is 0. The average molecular weight is 256 g/mol. The molecule has 0 aromatic heterocycles. The number of halogens is 2. The molecule has 15 heavy (non-hydrogen) atoms. The number of hydrogen-bond donors (Lipinski definition) is 0. The van der Waals surface area contributed by atoms with Crippen LogP contribution >= 0.6 is 0 Å². The second-order valence-corrected chi connectivity index (χ2v) is 2.44. The van der Waals surface area contributed by atoms with Crippen molar-refractivity contribution in [3.05, 3.63) is 72.3 Å². The van der Waals surface area contributed by atoms with Crippen molar-refractivity contribution in [2.24, 2.45) is 0 Å². The predicted octanol–water partition coefficient (Wildman–Crippen LogP) is 3.25. The molecule has 0 heterocycles. The Morgan fingerprint density at radius 2 is 1.20 bits per heavy atom. The minimum absolute atomic E-state index is 0. The summed E-state index contributed by atoms with van der Waals surface area (Å²) in [4.78, 5) is 0. The fraction of sp³-hybridized carbons (Fsp3) is 0. The first-order valence-corrected chi connectivity index (χ1v) is 4.02. The van der Waals surface area contributed by atoms with Gasteiger partial charge >= 0.3 is 19.5 Å². The summed E-state index contributed by atoms with van der Waals surface area (Å²) in [7, 11) is 0. The van der Waals surface area contributed by atoms with Crippen LogP contribution in [0.1, 0.15) is 0 Å². The van der Waals surface area contributed by atoms with Gasteiger partial charge in [-0.05, 0) is 0 Å². The molecular weight excluding hydrogens is 248 g/mol. The zero-order chi connectivity index (χ0) is 10.2. The van der Waals surface area contributed by atoms with Crippen LogP contribution in [-0.2, 0) is 19.5 Å². The van der Waals surface area contributed by atoms with E-state index < -0.39 is 0 Å². The molecule has 0 aliphatic carbocycles. The van der Waals surface area contributed by atoms with Crippen molar-refractivity contribution in [3.8, 4) is 0 Å². The Bertz CT molecular complexity index is 311. The normalized spacial score (nSPS) is 8.13. The van der Waals surface area contributed by atoms with Gasteiger partial charge in [0, 0.05) is 11.6 Å². The van der Waals surface area contributed by atoms with Gasteiger partial charge in [0.1, 0.15) is 0 Å². The van der Waals surface area contributed by atoms with Crippen LogP contribution in [0.4, 0.5) is 8.78 Å². The van der Waals surface area contributed by atoms with Gasteiger partial charge in [0.2, 0.25) is 0 Å². The minimum Gasteiger partial charge on any atom is -0.284 e. The zero-order valence-corrected chi connectivity index (χ0v) is 11.0. The molecule has 0 nitrogen and oxygen atoms in total. The van der Waals surface area contributed by atoms with E-state index in [2.05, 4.69) is 12.1 Å². The second-order valence-electron chi connectivity index (χ2n) is 2.44. The van der Waals surface area contributed by atoms with Crippen molar-refractivity contribution >= 4 is 0 Å². The van der Waals surface area contributed by atoms with Crippen LogP contribution in [0.15, 0.2) is 48.5 Å². The Labute approximate surface area is 101 Å². The van der Waals surface area contributed by atoms with E-state index in [0.29, 0.717) is 0 Å². The molecule has 0 radical (unpaired) electrons. The van der Waals surface area contributed by atoms with Crippen LogP contribution in [0.3, 0.4) is 0 Å². The minimum atomic E-state index is -0.234. The third-order valence-corrected chi connectivity index (χ3v) is 1.34. The SMILES string of the molecule is Fc1c[c-]ccc1.Fc1c[c-]ccc1.[Zn+2]. The molecule has 2 aromatic rings. The topological polar surface area (TPSA) is 0 Å². The van der Waals surface area contributed by atoms with Gasteiger partial charge in [-0.25, -0.2) is 0 Å². The van der Waals surface area contributed by atoms with Crippen LogP contribution in [0.25, 0.3) is 0 Å². The second kappa shape index (κ2) is 8.25. The molecule has 0 aliphatic rings. The summed E-state index contributed by atoms with van der Waals surface area (Å²) < 4.78 is 23.8. The fourth-order valence-corrected chi connectivity index (χ4v) is 0.743. The molecule has 2 aromatic carbocycles. The van der Waals surface area contributed by atoms with E-state index in [1.807, 2.05) is 0 Å². The van der Waals surface area contributed by atoms with E-state index in [1.165, 1.54) is 24.3 Å². The molecule has 0 N–H and O–H groups in total. The third kappa shape index (κ3) is 6.92. The molecule has 72 valence electrons. The van der Waals surface area contributed by atoms with Crippen LogP contribution in [0.5, 0.6) is 0 Å². The number of hydrogen-bond acceptors (Lipinski definition) is 0. The molecule has 2 rings (SSSR count). The van der Waals surface area contributed by atoms with Crippen molar-refractivity contribution in [3.63, 3.8) is 0 Å². The molecule has 3 heteroatoms. The quantitative estimate of drug-likeness (QED) is 0.501. The maximum atomic E-state index is 11.9. The maximum Gasteiger partial charge on any atom is 2.00 e. The average Bonchev–Trinajstić information content (AvgIpc) is 2.21. The summed E-state index contributed by atoms with van der Waals surface area (Å²) in [6, 6.07) is 17.1. The molecule has 0 spiro atoms. The van der Waals surface area contributed by atoms with E-state index in [1.54, 1.807) is 24.3 Å². The summed E-state index contributed by atoms with van der Waals surface area (Å²) >= 11 is 0. The number of benzene rings is 2. The fourth-order valence-electron chi connectivity index (χ4n) is 0.743. The van der Waals surface area contributed by atoms with Crippen LogP contribution < -0.4 is 0 Å². The van der Waals surface area contributed by atoms with Gasteiger partial charge in [-0.3, -0.25) is 8.78 Å². The van der Waals surface area contributed by atoms with E-state index in [9.17, 15) is 8.78 Å². The van der Waals surface area contributed by atoms with Gasteiger partial charge in [0.05, 0.1) is 0 Å². The molecule has 0 saturated heterocycles. The van der Waals surface area contributed by atoms with E-state index in [0.717, 1.165) is 0 Å². The van der Waals surface area contributed by atoms with Gasteiger partial charge < -0.3 is 0 Å². The van der Waals surface area contributed by atoms with Crippen LogP contribution in [0.2, 0.25) is 0 Å². The molecule has 0 amide bonds. The standard InChI is InChI=1S/2C6H4F.Zn/c2*7-6-4-2-1-3-5-6;/h2*1-2,4-5H;/q2*-1;+2.